The van der Waals surface area contributed by atoms with E-state index in [4.69, 9.17) is 18.1 Å². The third kappa shape index (κ3) is 5.14. The van der Waals surface area contributed by atoms with Crippen LogP contribution in [0.15, 0.2) is 11.6 Å². The molecular weight excluding hydrogens is 360 g/mol. The van der Waals surface area contributed by atoms with E-state index in [1.165, 1.54) is 0 Å². The van der Waals surface area contributed by atoms with Gasteiger partial charge in [0.25, 0.3) is 10.1 Å². The summed E-state index contributed by atoms with van der Waals surface area (Å²) in [5.74, 6) is -0.756. The predicted molar refractivity (Wildman–Crippen MR) is 99.4 cm³/mol. The summed E-state index contributed by atoms with van der Waals surface area (Å²) in [7, 11) is -5.39. The summed E-state index contributed by atoms with van der Waals surface area (Å²) < 4.78 is 46.3. The van der Waals surface area contributed by atoms with Crippen molar-refractivity contribution in [2.75, 3.05) is 12.9 Å². The number of hydrogen-bond donors (Lipinski definition) is 0. The molecule has 146 valence electrons. The summed E-state index contributed by atoms with van der Waals surface area (Å²) in [4.78, 5) is 0. The molecule has 8 heteroatoms. The molecule has 0 amide bonds. The van der Waals surface area contributed by atoms with E-state index in [0.717, 1.165) is 11.8 Å². The molecule has 0 unspecified atom stereocenters. The zero-order valence-electron chi connectivity index (χ0n) is 16.6. The Kier molecular flexibility index (Phi) is 5.66. The summed E-state index contributed by atoms with van der Waals surface area (Å²) >= 11 is 0. The molecule has 0 spiro atoms. The zero-order chi connectivity index (χ0) is 19.3. The fraction of sp³-hybridized carbons (Fsp3) is 0.882. The van der Waals surface area contributed by atoms with Crippen molar-refractivity contribution < 1.29 is 26.5 Å². The third-order valence-electron chi connectivity index (χ3n) is 5.14. The molecule has 0 bridgehead atoms. The van der Waals surface area contributed by atoms with Crippen LogP contribution in [0.2, 0.25) is 18.1 Å². The monoisotopic (exact) mass is 392 g/mol. The highest BCUT2D eigenvalue weighted by Gasteiger charge is 2.51. The van der Waals surface area contributed by atoms with Gasteiger partial charge in [-0.05, 0) is 50.0 Å². The summed E-state index contributed by atoms with van der Waals surface area (Å²) in [5.41, 5.74) is 0.989. The molecule has 1 saturated heterocycles. The minimum Gasteiger partial charge on any atom is -0.417 e. The highest BCUT2D eigenvalue weighted by Crippen LogP contribution is 2.41. The average molecular weight is 393 g/mol. The minimum atomic E-state index is -3.57. The van der Waals surface area contributed by atoms with E-state index < -0.39 is 36.4 Å². The Hall–Kier alpha value is -0.253. The summed E-state index contributed by atoms with van der Waals surface area (Å²) in [6.45, 7) is 15.3. The van der Waals surface area contributed by atoms with E-state index in [9.17, 15) is 8.42 Å². The fourth-order valence-electron chi connectivity index (χ4n) is 2.87. The molecule has 2 aliphatic rings. The van der Waals surface area contributed by atoms with E-state index in [2.05, 4.69) is 33.9 Å². The van der Waals surface area contributed by atoms with Crippen molar-refractivity contribution in [3.8, 4) is 0 Å². The van der Waals surface area contributed by atoms with Crippen molar-refractivity contribution >= 4 is 18.4 Å². The van der Waals surface area contributed by atoms with Crippen LogP contribution in [-0.4, -0.2) is 53.7 Å². The number of fused-ring (bicyclic) bond motifs is 1. The predicted octanol–water partition coefficient (Wildman–Crippen LogP) is 3.20. The van der Waals surface area contributed by atoms with Crippen LogP contribution in [0.5, 0.6) is 0 Å². The van der Waals surface area contributed by atoms with Gasteiger partial charge in [-0.15, -0.1) is 0 Å². The summed E-state index contributed by atoms with van der Waals surface area (Å²) in [5, 5.41) is 0.149. The maximum Gasteiger partial charge on any atom is 0.265 e. The van der Waals surface area contributed by atoms with Crippen LogP contribution < -0.4 is 0 Å². The van der Waals surface area contributed by atoms with Crippen LogP contribution in [0.4, 0.5) is 0 Å². The first-order chi connectivity index (χ1) is 11.1. The molecule has 0 radical (unpaired) electrons. The maximum atomic E-state index is 11.5. The van der Waals surface area contributed by atoms with Crippen molar-refractivity contribution in [3.05, 3.63) is 11.6 Å². The first kappa shape index (κ1) is 21.1. The first-order valence-corrected chi connectivity index (χ1v) is 13.4. The van der Waals surface area contributed by atoms with Crippen LogP contribution in [0.1, 0.15) is 41.0 Å². The maximum absolute atomic E-state index is 11.5. The van der Waals surface area contributed by atoms with E-state index in [0.29, 0.717) is 13.0 Å². The zero-order valence-corrected chi connectivity index (χ0v) is 18.4. The smallest absolute Gasteiger partial charge is 0.265 e. The summed E-state index contributed by atoms with van der Waals surface area (Å²) in [6.07, 6.45) is 2.18. The molecule has 1 heterocycles. The van der Waals surface area contributed by atoms with Gasteiger partial charge in [0.15, 0.2) is 14.1 Å². The molecule has 6 nitrogen and oxygen atoms in total. The van der Waals surface area contributed by atoms with Gasteiger partial charge >= 0.3 is 0 Å². The van der Waals surface area contributed by atoms with Gasteiger partial charge in [-0.3, -0.25) is 4.18 Å². The van der Waals surface area contributed by atoms with Gasteiger partial charge < -0.3 is 13.9 Å². The number of hydrogen-bond acceptors (Lipinski definition) is 6. The van der Waals surface area contributed by atoms with Gasteiger partial charge in [0.2, 0.25) is 0 Å². The second kappa shape index (κ2) is 6.72. The first-order valence-electron chi connectivity index (χ1n) is 8.70. The minimum absolute atomic E-state index is 0.149. The van der Waals surface area contributed by atoms with E-state index in [1.54, 1.807) is 0 Å². The highest BCUT2D eigenvalue weighted by atomic mass is 32.2. The van der Waals surface area contributed by atoms with Crippen molar-refractivity contribution in [1.82, 2.24) is 0 Å². The summed E-state index contributed by atoms with van der Waals surface area (Å²) in [6, 6.07) is 0. The largest absolute Gasteiger partial charge is 0.417 e. The molecule has 1 fully saturated rings. The standard InChI is InChI=1S/C17H32O6SSi/c1-16(2,3)25(7,8)20-10-9-12-11-13(23-24(6,18)19)15-14(12)21-17(4,5)22-15/h11,13-15H,9-10H2,1-8H3/t13-,14+,15-/m0/s1. The lowest BCUT2D eigenvalue weighted by molar-refractivity contribution is -0.151. The van der Waals surface area contributed by atoms with Crippen molar-refractivity contribution in [2.45, 2.75) is 83.3 Å². The van der Waals surface area contributed by atoms with Crippen LogP contribution >= 0.6 is 0 Å². The molecular formula is C17H32O6SSi. The molecule has 0 aromatic heterocycles. The van der Waals surface area contributed by atoms with Crippen LogP contribution in [0.3, 0.4) is 0 Å². The Balaban J connectivity index is 2.07. The Labute approximate surface area is 153 Å². The highest BCUT2D eigenvalue weighted by molar-refractivity contribution is 7.86. The lowest BCUT2D eigenvalue weighted by atomic mass is 10.1. The number of ether oxygens (including phenoxy) is 2. The molecule has 1 aliphatic carbocycles. The van der Waals surface area contributed by atoms with Crippen molar-refractivity contribution in [3.63, 3.8) is 0 Å². The van der Waals surface area contributed by atoms with Crippen LogP contribution in [-0.2, 0) is 28.2 Å². The van der Waals surface area contributed by atoms with E-state index >= 15 is 0 Å². The molecule has 3 atom stereocenters. The normalized spacial score (nSPS) is 29.6. The fourth-order valence-corrected chi connectivity index (χ4v) is 4.48. The van der Waals surface area contributed by atoms with Gasteiger partial charge in [-0.1, -0.05) is 20.8 Å². The second-order valence-corrected chi connectivity index (χ2v) is 15.3. The molecule has 25 heavy (non-hydrogen) atoms. The molecule has 1 aliphatic heterocycles. The van der Waals surface area contributed by atoms with Crippen LogP contribution in [0, 0.1) is 0 Å². The van der Waals surface area contributed by atoms with Crippen molar-refractivity contribution in [1.29, 1.82) is 0 Å². The SMILES string of the molecule is CC1(C)O[C@H]2[C@@H](OS(C)(=O)=O)C=C(CCO[Si](C)(C)C(C)(C)C)[C@H]2O1. The van der Waals surface area contributed by atoms with Gasteiger partial charge in [-0.2, -0.15) is 8.42 Å². The average Bonchev–Trinajstić information content (AvgIpc) is 2.82. The number of rotatable bonds is 6. The quantitative estimate of drug-likeness (QED) is 0.393. The lowest BCUT2D eigenvalue weighted by Gasteiger charge is -2.36. The molecule has 0 N–H and O–H groups in total. The van der Waals surface area contributed by atoms with Crippen molar-refractivity contribution in [2.24, 2.45) is 0 Å². The Morgan fingerprint density at radius 3 is 2.36 bits per heavy atom. The topological polar surface area (TPSA) is 71.1 Å². The van der Waals surface area contributed by atoms with E-state index in [-0.39, 0.29) is 11.1 Å². The molecule has 0 aromatic carbocycles. The lowest BCUT2D eigenvalue weighted by Crippen LogP contribution is -2.41. The van der Waals surface area contributed by atoms with Crippen LogP contribution in [0.25, 0.3) is 0 Å². The van der Waals surface area contributed by atoms with Gasteiger partial charge in [0, 0.05) is 6.61 Å². The second-order valence-electron chi connectivity index (χ2n) is 8.89. The Bertz CT molecular complexity index is 632. The Morgan fingerprint density at radius 2 is 1.84 bits per heavy atom. The molecule has 2 rings (SSSR count). The molecule has 0 aromatic rings. The molecule has 0 saturated carbocycles. The van der Waals surface area contributed by atoms with E-state index in [1.807, 2.05) is 19.9 Å². The van der Waals surface area contributed by atoms with Gasteiger partial charge in [0.1, 0.15) is 18.3 Å². The van der Waals surface area contributed by atoms with Gasteiger partial charge in [0.05, 0.1) is 6.26 Å². The third-order valence-corrected chi connectivity index (χ3v) is 10.3. The Morgan fingerprint density at radius 1 is 1.24 bits per heavy atom. The van der Waals surface area contributed by atoms with Gasteiger partial charge in [-0.25, -0.2) is 0 Å².